The number of hydrogen-bond acceptors (Lipinski definition) is 6. The molecule has 6 nitrogen and oxygen atoms in total. The molecule has 104 valence electrons. The van der Waals surface area contributed by atoms with Gasteiger partial charge in [-0.3, -0.25) is 4.79 Å². The van der Waals surface area contributed by atoms with Crippen molar-refractivity contribution in [2.24, 2.45) is 17.0 Å². The molecule has 2 saturated carbocycles. The molecular formula is C12H14ClNO5. The number of ether oxygens (including phenoxy) is 2. The molecule has 0 aromatic rings. The lowest BCUT2D eigenvalue weighted by Crippen LogP contribution is -2.26. The van der Waals surface area contributed by atoms with Gasteiger partial charge in [0.15, 0.2) is 4.87 Å². The monoisotopic (exact) mass is 287 g/mol. The van der Waals surface area contributed by atoms with Crippen LogP contribution in [0.15, 0.2) is 17.5 Å². The van der Waals surface area contributed by atoms with E-state index in [1.54, 1.807) is 0 Å². The summed E-state index contributed by atoms with van der Waals surface area (Å²) in [5.41, 5.74) is 0.722. The van der Waals surface area contributed by atoms with Crippen molar-refractivity contribution in [3.63, 3.8) is 0 Å². The number of methoxy groups -OCH3 is 2. The number of alkyl halides is 1. The Labute approximate surface area is 115 Å². The second kappa shape index (κ2) is 5.21. The van der Waals surface area contributed by atoms with Crippen LogP contribution in [0.4, 0.5) is 0 Å². The van der Waals surface area contributed by atoms with Crippen molar-refractivity contribution < 1.29 is 23.9 Å². The van der Waals surface area contributed by atoms with Gasteiger partial charge >= 0.3 is 11.9 Å². The van der Waals surface area contributed by atoms with E-state index in [-0.39, 0.29) is 11.8 Å². The number of carbonyl (C=O) groups excluding carboxylic acids is 2. The van der Waals surface area contributed by atoms with Crippen molar-refractivity contribution in [1.29, 1.82) is 0 Å². The number of nitrogens with zero attached hydrogens (tertiary/aromatic N) is 1. The summed E-state index contributed by atoms with van der Waals surface area (Å²) in [6.45, 7) is 0. The van der Waals surface area contributed by atoms with Crippen LogP contribution in [-0.4, -0.2) is 36.7 Å². The van der Waals surface area contributed by atoms with Gasteiger partial charge in [0.05, 0.1) is 26.0 Å². The van der Waals surface area contributed by atoms with Gasteiger partial charge in [-0.25, -0.2) is 4.79 Å². The number of esters is 2. The van der Waals surface area contributed by atoms with Crippen LogP contribution >= 0.6 is 11.6 Å². The number of hydrogen-bond donors (Lipinski definition) is 0. The second-order valence-electron chi connectivity index (χ2n) is 4.40. The molecule has 19 heavy (non-hydrogen) atoms. The zero-order chi connectivity index (χ0) is 14.0. The van der Waals surface area contributed by atoms with Crippen molar-refractivity contribution in [1.82, 2.24) is 0 Å². The maximum absolute atomic E-state index is 11.6. The van der Waals surface area contributed by atoms with E-state index in [1.165, 1.54) is 14.2 Å². The van der Waals surface area contributed by atoms with Gasteiger partial charge < -0.3 is 14.3 Å². The lowest BCUT2D eigenvalue weighted by Gasteiger charge is -2.10. The maximum Gasteiger partial charge on any atom is 0.333 e. The molecule has 0 heterocycles. The molecule has 3 atom stereocenters. The van der Waals surface area contributed by atoms with Crippen LogP contribution in [-0.2, 0) is 23.9 Å². The molecule has 2 aliphatic rings. The standard InChI is InChI=1S/C12H14ClNO5/c1-17-9(15)5-6-19-14-8-4-3-7-10(8)12(7,13)11(16)18-2/h5-7,10H,3-4H2,1-2H3/b6-5+,14-8+. The quantitative estimate of drug-likeness (QED) is 0.256. The van der Waals surface area contributed by atoms with Gasteiger partial charge in [-0.1, -0.05) is 5.16 Å². The highest BCUT2D eigenvalue weighted by atomic mass is 35.5. The first-order chi connectivity index (χ1) is 9.05. The molecule has 0 radical (unpaired) electrons. The highest BCUT2D eigenvalue weighted by Gasteiger charge is 2.74. The van der Waals surface area contributed by atoms with Crippen LogP contribution < -0.4 is 0 Å². The molecule has 0 aliphatic heterocycles. The summed E-state index contributed by atoms with van der Waals surface area (Å²) < 4.78 is 9.09. The van der Waals surface area contributed by atoms with Crippen LogP contribution in [0.2, 0.25) is 0 Å². The minimum atomic E-state index is -0.985. The van der Waals surface area contributed by atoms with Crippen molar-refractivity contribution in [3.8, 4) is 0 Å². The van der Waals surface area contributed by atoms with Gasteiger partial charge in [-0.2, -0.15) is 0 Å². The predicted molar refractivity (Wildman–Crippen MR) is 66.5 cm³/mol. The lowest BCUT2D eigenvalue weighted by molar-refractivity contribution is -0.141. The van der Waals surface area contributed by atoms with E-state index in [0.717, 1.165) is 30.9 Å². The summed E-state index contributed by atoms with van der Waals surface area (Å²) in [6, 6.07) is 0. The third kappa shape index (κ3) is 2.32. The Morgan fingerprint density at radius 2 is 2.16 bits per heavy atom. The minimum Gasteiger partial charge on any atom is -0.468 e. The number of rotatable bonds is 4. The molecule has 3 unspecified atom stereocenters. The van der Waals surface area contributed by atoms with E-state index in [1.807, 2.05) is 0 Å². The average Bonchev–Trinajstić information content (AvgIpc) is 2.82. The van der Waals surface area contributed by atoms with E-state index >= 15 is 0 Å². The molecule has 2 aliphatic carbocycles. The Balaban J connectivity index is 1.95. The van der Waals surface area contributed by atoms with E-state index in [4.69, 9.17) is 21.2 Å². The zero-order valence-electron chi connectivity index (χ0n) is 10.6. The summed E-state index contributed by atoms with van der Waals surface area (Å²) in [6.07, 6.45) is 3.75. The van der Waals surface area contributed by atoms with Crippen LogP contribution in [0.5, 0.6) is 0 Å². The van der Waals surface area contributed by atoms with Crippen LogP contribution in [0.3, 0.4) is 0 Å². The Bertz CT molecular complexity index is 461. The van der Waals surface area contributed by atoms with Crippen molar-refractivity contribution >= 4 is 29.3 Å². The van der Waals surface area contributed by atoms with Gasteiger partial charge in [0, 0.05) is 11.8 Å². The van der Waals surface area contributed by atoms with Crippen molar-refractivity contribution in [2.45, 2.75) is 17.7 Å². The normalized spacial score (nSPS) is 34.2. The van der Waals surface area contributed by atoms with Gasteiger partial charge in [-0.15, -0.1) is 11.6 Å². The molecule has 0 aromatic heterocycles. The third-order valence-electron chi connectivity index (χ3n) is 3.49. The first-order valence-electron chi connectivity index (χ1n) is 5.80. The minimum absolute atomic E-state index is 0.0635. The Kier molecular flexibility index (Phi) is 3.80. The largest absolute Gasteiger partial charge is 0.468 e. The van der Waals surface area contributed by atoms with E-state index in [0.29, 0.717) is 0 Å². The summed E-state index contributed by atoms with van der Waals surface area (Å²) in [4.78, 5) is 26.3. The molecule has 2 fully saturated rings. The van der Waals surface area contributed by atoms with Crippen molar-refractivity contribution in [2.75, 3.05) is 14.2 Å². The Hall–Kier alpha value is -1.56. The Morgan fingerprint density at radius 3 is 2.79 bits per heavy atom. The van der Waals surface area contributed by atoms with E-state index < -0.39 is 16.8 Å². The SMILES string of the molecule is COC(=O)/C=C/O/N=C1\CCC2C1C2(Cl)C(=O)OC. The molecule has 0 amide bonds. The molecular weight excluding hydrogens is 274 g/mol. The number of fused-ring (bicyclic) bond motifs is 1. The van der Waals surface area contributed by atoms with Crippen LogP contribution in [0.25, 0.3) is 0 Å². The number of oxime groups is 1. The summed E-state index contributed by atoms with van der Waals surface area (Å²) in [5, 5.41) is 3.89. The highest BCUT2D eigenvalue weighted by molar-refractivity contribution is 6.40. The fourth-order valence-corrected chi connectivity index (χ4v) is 3.05. The topological polar surface area (TPSA) is 74.2 Å². The molecule has 0 aromatic carbocycles. The molecule has 2 rings (SSSR count). The van der Waals surface area contributed by atoms with Crippen LogP contribution in [0, 0.1) is 11.8 Å². The molecule has 0 bridgehead atoms. The number of halogens is 1. The molecule has 0 N–H and O–H groups in total. The Morgan fingerprint density at radius 1 is 1.42 bits per heavy atom. The van der Waals surface area contributed by atoms with Crippen molar-refractivity contribution in [3.05, 3.63) is 12.3 Å². The van der Waals surface area contributed by atoms with Crippen LogP contribution in [0.1, 0.15) is 12.8 Å². The fraction of sp³-hybridized carbons (Fsp3) is 0.583. The maximum atomic E-state index is 11.6. The lowest BCUT2D eigenvalue weighted by atomic mass is 10.1. The summed E-state index contributed by atoms with van der Waals surface area (Å²) in [7, 11) is 2.58. The third-order valence-corrected chi connectivity index (χ3v) is 4.16. The molecule has 0 saturated heterocycles. The molecule has 7 heteroatoms. The highest BCUT2D eigenvalue weighted by Crippen LogP contribution is 2.63. The fourth-order valence-electron chi connectivity index (χ4n) is 2.52. The summed E-state index contributed by atoms with van der Waals surface area (Å²) in [5.74, 6) is -1.03. The summed E-state index contributed by atoms with van der Waals surface area (Å²) >= 11 is 6.24. The molecule has 0 spiro atoms. The predicted octanol–water partition coefficient (Wildman–Crippen LogP) is 1.24. The zero-order valence-corrected chi connectivity index (χ0v) is 11.3. The van der Waals surface area contributed by atoms with Gasteiger partial charge in [-0.05, 0) is 12.8 Å². The average molecular weight is 288 g/mol. The number of carbonyl (C=O) groups is 2. The second-order valence-corrected chi connectivity index (χ2v) is 5.02. The van der Waals surface area contributed by atoms with Gasteiger partial charge in [0.2, 0.25) is 0 Å². The van der Waals surface area contributed by atoms with E-state index in [2.05, 4.69) is 9.89 Å². The smallest absolute Gasteiger partial charge is 0.333 e. The van der Waals surface area contributed by atoms with E-state index in [9.17, 15) is 9.59 Å². The first-order valence-corrected chi connectivity index (χ1v) is 6.17. The van der Waals surface area contributed by atoms with Gasteiger partial charge in [0.25, 0.3) is 0 Å². The van der Waals surface area contributed by atoms with Gasteiger partial charge in [0.1, 0.15) is 6.26 Å². The first kappa shape index (κ1) is 13.9.